The van der Waals surface area contributed by atoms with Crippen LogP contribution in [0, 0.1) is 0 Å². The number of fused-ring (bicyclic) bond motifs is 1. The highest BCUT2D eigenvalue weighted by atomic mass is 32.2. The molecule has 3 heterocycles. The molecule has 0 amide bonds. The van der Waals surface area contributed by atoms with Crippen molar-refractivity contribution in [1.29, 1.82) is 0 Å². The summed E-state index contributed by atoms with van der Waals surface area (Å²) in [5, 5.41) is 9.23. The molecular formula is C21H24N6O4S. The van der Waals surface area contributed by atoms with Crippen LogP contribution in [-0.2, 0) is 32.1 Å². The summed E-state index contributed by atoms with van der Waals surface area (Å²) in [6.07, 6.45) is 6.00. The number of nitrogens with zero attached hydrogens (tertiary/aromatic N) is 5. The van der Waals surface area contributed by atoms with Crippen molar-refractivity contribution in [2.24, 2.45) is 7.05 Å². The SMILES string of the molecule is COC[C@](C)(OC)c1ccnc(-n2cc(S(=O)(=O)Nc3cccc4cnn(C)c34)cn2)c1. The molecule has 1 aromatic carbocycles. The van der Waals surface area contributed by atoms with E-state index in [1.165, 1.54) is 17.1 Å². The zero-order chi connectivity index (χ0) is 22.9. The Balaban J connectivity index is 1.65. The van der Waals surface area contributed by atoms with Gasteiger partial charge in [0.25, 0.3) is 10.0 Å². The first-order valence-corrected chi connectivity index (χ1v) is 11.2. The van der Waals surface area contributed by atoms with Crippen LogP contribution in [0.3, 0.4) is 0 Å². The minimum absolute atomic E-state index is 0.00951. The van der Waals surface area contributed by atoms with Gasteiger partial charge in [0.1, 0.15) is 10.5 Å². The molecule has 0 aliphatic rings. The summed E-state index contributed by atoms with van der Waals surface area (Å²) < 4.78 is 42.6. The Labute approximate surface area is 185 Å². The van der Waals surface area contributed by atoms with Crippen molar-refractivity contribution in [2.45, 2.75) is 17.4 Å². The van der Waals surface area contributed by atoms with Gasteiger partial charge in [-0.3, -0.25) is 9.40 Å². The highest BCUT2D eigenvalue weighted by Crippen LogP contribution is 2.27. The highest BCUT2D eigenvalue weighted by Gasteiger charge is 2.27. The number of ether oxygens (including phenoxy) is 2. The molecular weight excluding hydrogens is 432 g/mol. The quantitative estimate of drug-likeness (QED) is 0.433. The molecule has 0 bridgehead atoms. The summed E-state index contributed by atoms with van der Waals surface area (Å²) in [5.41, 5.74) is 1.27. The lowest BCUT2D eigenvalue weighted by molar-refractivity contribution is -0.0555. The molecule has 0 saturated heterocycles. The molecule has 4 aromatic rings. The second kappa shape index (κ2) is 8.34. The van der Waals surface area contributed by atoms with E-state index in [0.717, 1.165) is 10.9 Å². The second-order valence-corrected chi connectivity index (χ2v) is 9.19. The Kier molecular flexibility index (Phi) is 5.71. The van der Waals surface area contributed by atoms with Gasteiger partial charge >= 0.3 is 0 Å². The van der Waals surface area contributed by atoms with Crippen LogP contribution in [0.4, 0.5) is 5.69 Å². The van der Waals surface area contributed by atoms with Gasteiger partial charge in [-0.15, -0.1) is 0 Å². The molecule has 0 aliphatic heterocycles. The summed E-state index contributed by atoms with van der Waals surface area (Å²) in [4.78, 5) is 4.33. The van der Waals surface area contributed by atoms with Crippen molar-refractivity contribution >= 4 is 26.6 Å². The average molecular weight is 457 g/mol. The van der Waals surface area contributed by atoms with Crippen LogP contribution in [-0.4, -0.2) is 53.8 Å². The van der Waals surface area contributed by atoms with Gasteiger partial charge in [0.15, 0.2) is 5.82 Å². The van der Waals surface area contributed by atoms with E-state index in [9.17, 15) is 8.42 Å². The number of para-hydroxylation sites is 1. The van der Waals surface area contributed by atoms with Crippen LogP contribution < -0.4 is 4.72 Å². The zero-order valence-corrected chi connectivity index (χ0v) is 19.0. The number of sulfonamides is 1. The first kappa shape index (κ1) is 21.9. The standard InChI is InChI=1S/C21H24N6O4S/c1-21(31-4,14-30-3)16-8-9-22-19(10-16)27-13-17(12-24-27)32(28,29)25-18-7-5-6-15-11-23-26(2)20(15)18/h5-13,25H,14H2,1-4H3/t21-/m0/s1. The lowest BCUT2D eigenvalue weighted by atomic mass is 9.97. The van der Waals surface area contributed by atoms with Gasteiger partial charge in [0.2, 0.25) is 0 Å². The van der Waals surface area contributed by atoms with Gasteiger partial charge in [-0.2, -0.15) is 10.2 Å². The summed E-state index contributed by atoms with van der Waals surface area (Å²) in [7, 11) is 1.08. The number of hydrogen-bond donors (Lipinski definition) is 1. The second-order valence-electron chi connectivity index (χ2n) is 7.51. The van der Waals surface area contributed by atoms with E-state index in [-0.39, 0.29) is 4.90 Å². The molecule has 10 nitrogen and oxygen atoms in total. The number of benzene rings is 1. The van der Waals surface area contributed by atoms with Crippen LogP contribution in [0.15, 0.2) is 60.0 Å². The lowest BCUT2D eigenvalue weighted by Crippen LogP contribution is -2.30. The fourth-order valence-corrected chi connectivity index (χ4v) is 4.49. The Morgan fingerprint density at radius 1 is 1.16 bits per heavy atom. The van der Waals surface area contributed by atoms with Crippen molar-refractivity contribution < 1.29 is 17.9 Å². The van der Waals surface area contributed by atoms with Gasteiger partial charge < -0.3 is 9.47 Å². The molecule has 0 aliphatic carbocycles. The number of anilines is 1. The summed E-state index contributed by atoms with van der Waals surface area (Å²) in [6.45, 7) is 2.24. The number of rotatable bonds is 8. The maximum atomic E-state index is 13.0. The fraction of sp³-hybridized carbons (Fsp3) is 0.286. The third-order valence-electron chi connectivity index (χ3n) is 5.34. The number of aryl methyl sites for hydroxylation is 1. The number of hydrogen-bond acceptors (Lipinski definition) is 7. The van der Waals surface area contributed by atoms with Gasteiger partial charge in [-0.25, -0.2) is 18.1 Å². The monoisotopic (exact) mass is 456 g/mol. The van der Waals surface area contributed by atoms with Crippen LogP contribution in [0.2, 0.25) is 0 Å². The molecule has 0 unspecified atom stereocenters. The largest absolute Gasteiger partial charge is 0.381 e. The minimum Gasteiger partial charge on any atom is -0.381 e. The number of aromatic nitrogens is 5. The molecule has 11 heteroatoms. The van der Waals surface area contributed by atoms with Crippen molar-refractivity contribution in [3.8, 4) is 5.82 Å². The normalized spacial score (nSPS) is 13.9. The van der Waals surface area contributed by atoms with E-state index in [4.69, 9.17) is 9.47 Å². The molecule has 32 heavy (non-hydrogen) atoms. The number of pyridine rings is 1. The fourth-order valence-electron chi connectivity index (χ4n) is 3.50. The summed E-state index contributed by atoms with van der Waals surface area (Å²) in [5.74, 6) is 0.456. The molecule has 0 spiro atoms. The maximum absolute atomic E-state index is 13.0. The molecule has 4 rings (SSSR count). The highest BCUT2D eigenvalue weighted by molar-refractivity contribution is 7.92. The Hall–Kier alpha value is -3.28. The average Bonchev–Trinajstić information content (AvgIpc) is 3.42. The molecule has 0 fully saturated rings. The van der Waals surface area contributed by atoms with Crippen LogP contribution in [0.1, 0.15) is 12.5 Å². The molecule has 0 radical (unpaired) electrons. The maximum Gasteiger partial charge on any atom is 0.265 e. The third-order valence-corrected chi connectivity index (χ3v) is 6.66. The van der Waals surface area contributed by atoms with Crippen LogP contribution >= 0.6 is 0 Å². The van der Waals surface area contributed by atoms with Crippen LogP contribution in [0.5, 0.6) is 0 Å². The van der Waals surface area contributed by atoms with E-state index in [2.05, 4.69) is 19.9 Å². The van der Waals surface area contributed by atoms with Gasteiger partial charge in [0, 0.05) is 32.9 Å². The van der Waals surface area contributed by atoms with Crippen molar-refractivity contribution in [3.05, 3.63) is 60.7 Å². The molecule has 1 N–H and O–H groups in total. The third kappa shape index (κ3) is 3.97. The predicted octanol–water partition coefficient (Wildman–Crippen LogP) is 2.46. The van der Waals surface area contributed by atoms with Crippen molar-refractivity contribution in [2.75, 3.05) is 25.5 Å². The van der Waals surface area contributed by atoms with Gasteiger partial charge in [-0.1, -0.05) is 12.1 Å². The lowest BCUT2D eigenvalue weighted by Gasteiger charge is -2.27. The van der Waals surface area contributed by atoms with E-state index < -0.39 is 15.6 Å². The smallest absolute Gasteiger partial charge is 0.265 e. The predicted molar refractivity (Wildman–Crippen MR) is 119 cm³/mol. The Bertz CT molecular complexity index is 1360. The van der Waals surface area contributed by atoms with Gasteiger partial charge in [0.05, 0.1) is 36.4 Å². The Morgan fingerprint density at radius 2 is 1.97 bits per heavy atom. The number of methoxy groups -OCH3 is 2. The summed E-state index contributed by atoms with van der Waals surface area (Å²) >= 11 is 0. The molecule has 0 saturated carbocycles. The molecule has 168 valence electrons. The van der Waals surface area contributed by atoms with Crippen molar-refractivity contribution in [3.63, 3.8) is 0 Å². The summed E-state index contributed by atoms with van der Waals surface area (Å²) in [6, 6.07) is 8.94. The van der Waals surface area contributed by atoms with E-state index in [1.807, 2.05) is 19.1 Å². The number of nitrogens with one attached hydrogen (secondary N) is 1. The minimum atomic E-state index is -3.89. The zero-order valence-electron chi connectivity index (χ0n) is 18.2. The Morgan fingerprint density at radius 3 is 2.72 bits per heavy atom. The van der Waals surface area contributed by atoms with Crippen LogP contribution in [0.25, 0.3) is 16.7 Å². The van der Waals surface area contributed by atoms with Crippen molar-refractivity contribution in [1.82, 2.24) is 24.5 Å². The molecule has 3 aromatic heterocycles. The first-order valence-electron chi connectivity index (χ1n) is 9.76. The van der Waals surface area contributed by atoms with E-state index in [0.29, 0.717) is 23.6 Å². The van der Waals surface area contributed by atoms with Gasteiger partial charge in [-0.05, 0) is 30.7 Å². The van der Waals surface area contributed by atoms with E-state index in [1.54, 1.807) is 56.5 Å². The topological polar surface area (TPSA) is 113 Å². The first-order chi connectivity index (χ1) is 15.3. The molecule has 1 atom stereocenters. The van der Waals surface area contributed by atoms with E-state index >= 15 is 0 Å².